The molecule has 1 aromatic carbocycles. The number of nitrogens with one attached hydrogen (secondary N) is 2. The van der Waals surface area contributed by atoms with Gasteiger partial charge in [0.05, 0.1) is 0 Å². The van der Waals surface area contributed by atoms with Gasteiger partial charge in [-0.15, -0.1) is 10.2 Å². The molecule has 0 bridgehead atoms. The Bertz CT molecular complexity index is 624. The lowest BCUT2D eigenvalue weighted by Gasteiger charge is -2.07. The van der Waals surface area contributed by atoms with Crippen molar-refractivity contribution in [3.8, 4) is 0 Å². The molecule has 0 fully saturated rings. The number of aromatic nitrogens is 2. The van der Waals surface area contributed by atoms with Gasteiger partial charge in [-0.2, -0.15) is 0 Å². The van der Waals surface area contributed by atoms with Crippen LogP contribution in [0.1, 0.15) is 10.5 Å². The van der Waals surface area contributed by atoms with E-state index < -0.39 is 29.0 Å². The van der Waals surface area contributed by atoms with E-state index in [4.69, 9.17) is 5.84 Å². The van der Waals surface area contributed by atoms with Crippen molar-refractivity contribution in [2.45, 2.75) is 0 Å². The molecule has 0 spiro atoms. The second-order valence-corrected chi connectivity index (χ2v) is 3.65. The highest BCUT2D eigenvalue weighted by Crippen LogP contribution is 2.20. The molecule has 0 unspecified atom stereocenters. The summed E-state index contributed by atoms with van der Waals surface area (Å²) >= 11 is 0. The minimum Gasteiger partial charge on any atom is -0.316 e. The topological polar surface area (TPSA) is 92.9 Å². The zero-order valence-corrected chi connectivity index (χ0v) is 9.82. The van der Waals surface area contributed by atoms with E-state index in [0.29, 0.717) is 12.1 Å². The van der Waals surface area contributed by atoms with E-state index in [1.807, 2.05) is 5.32 Å². The largest absolute Gasteiger partial charge is 0.316 e. The van der Waals surface area contributed by atoms with E-state index in [-0.39, 0.29) is 11.5 Å². The summed E-state index contributed by atoms with van der Waals surface area (Å²) in [5, 5.41) is 8.97. The van der Waals surface area contributed by atoms with Crippen LogP contribution < -0.4 is 16.6 Å². The lowest BCUT2D eigenvalue weighted by atomic mass is 10.2. The van der Waals surface area contributed by atoms with Crippen molar-refractivity contribution in [2.24, 2.45) is 5.84 Å². The zero-order valence-electron chi connectivity index (χ0n) is 9.82. The maximum Gasteiger partial charge on any atom is 0.276 e. The van der Waals surface area contributed by atoms with Crippen LogP contribution in [0.2, 0.25) is 0 Å². The first-order valence-corrected chi connectivity index (χ1v) is 5.27. The fourth-order valence-electron chi connectivity index (χ4n) is 1.37. The minimum atomic E-state index is -1.23. The van der Waals surface area contributed by atoms with Gasteiger partial charge < -0.3 is 10.7 Å². The van der Waals surface area contributed by atoms with Crippen LogP contribution in [0.25, 0.3) is 0 Å². The summed E-state index contributed by atoms with van der Waals surface area (Å²) in [4.78, 5) is 11.7. The van der Waals surface area contributed by atoms with Gasteiger partial charge in [0.2, 0.25) is 0 Å². The predicted molar refractivity (Wildman–Crippen MR) is 64.1 cm³/mol. The van der Waals surface area contributed by atoms with Gasteiger partial charge in [-0.1, -0.05) is 0 Å². The highest BCUT2D eigenvalue weighted by atomic mass is 19.1. The van der Waals surface area contributed by atoms with Crippen LogP contribution in [-0.2, 0) is 0 Å². The Balaban J connectivity index is 2.23. The number of rotatable bonds is 3. The third-order valence-corrected chi connectivity index (χ3v) is 2.29. The van der Waals surface area contributed by atoms with Gasteiger partial charge in [-0.05, 0) is 12.1 Å². The molecule has 0 radical (unpaired) electrons. The Labute approximate surface area is 110 Å². The number of carbonyl (C=O) groups excluding carboxylic acids is 1. The Hall–Kier alpha value is -2.68. The molecule has 0 aliphatic rings. The molecule has 9 heteroatoms. The molecule has 104 valence electrons. The Kier molecular flexibility index (Phi) is 3.80. The highest BCUT2D eigenvalue weighted by Gasteiger charge is 2.16. The fourth-order valence-corrected chi connectivity index (χ4v) is 1.37. The molecule has 0 aliphatic carbocycles. The van der Waals surface area contributed by atoms with E-state index in [0.717, 1.165) is 0 Å². The first-order chi connectivity index (χ1) is 9.51. The zero-order chi connectivity index (χ0) is 14.7. The third-order valence-electron chi connectivity index (χ3n) is 2.29. The number of nitrogens with two attached hydrogens (primary N) is 1. The summed E-state index contributed by atoms with van der Waals surface area (Å²) in [5.74, 6) is 0.825. The van der Waals surface area contributed by atoms with Crippen molar-refractivity contribution in [1.82, 2.24) is 10.2 Å². The van der Waals surface area contributed by atoms with Crippen LogP contribution in [0.5, 0.6) is 0 Å². The van der Waals surface area contributed by atoms with Gasteiger partial charge in [-0.25, -0.2) is 19.0 Å². The summed E-state index contributed by atoms with van der Waals surface area (Å²) < 4.78 is 39.4. The van der Waals surface area contributed by atoms with E-state index in [1.165, 1.54) is 12.1 Å². The number of benzene rings is 1. The number of hydrazine groups is 1. The molecular weight excluding hydrogens is 275 g/mol. The quantitative estimate of drug-likeness (QED) is 0.585. The minimum absolute atomic E-state index is 0.188. The lowest BCUT2D eigenvalue weighted by molar-refractivity contribution is 0.102. The van der Waals surface area contributed by atoms with Gasteiger partial charge in [0.1, 0.15) is 11.5 Å². The van der Waals surface area contributed by atoms with Crippen molar-refractivity contribution in [1.29, 1.82) is 0 Å². The molecule has 1 aromatic heterocycles. The normalized spacial score (nSPS) is 10.2. The summed E-state index contributed by atoms with van der Waals surface area (Å²) in [6.45, 7) is 0. The Morgan fingerprint density at radius 3 is 2.25 bits per heavy atom. The van der Waals surface area contributed by atoms with Crippen LogP contribution in [-0.4, -0.2) is 16.1 Å². The summed E-state index contributed by atoms with van der Waals surface area (Å²) in [6.07, 6.45) is 0. The first-order valence-electron chi connectivity index (χ1n) is 5.27. The van der Waals surface area contributed by atoms with Gasteiger partial charge in [0.15, 0.2) is 23.1 Å². The van der Waals surface area contributed by atoms with E-state index >= 15 is 0 Å². The van der Waals surface area contributed by atoms with Crippen molar-refractivity contribution in [2.75, 3.05) is 10.7 Å². The number of halogens is 3. The average molecular weight is 283 g/mol. The standard InChI is InChI=1S/C11H8F3N5O/c12-5-3-6(13)10(7(14)4-5)16-11(20)8-1-2-9(17-15)19-18-8/h1-4H,15H2,(H,16,20)(H,17,19). The Morgan fingerprint density at radius 2 is 1.75 bits per heavy atom. The first kappa shape index (κ1) is 13.7. The van der Waals surface area contributed by atoms with E-state index in [1.54, 1.807) is 0 Å². The van der Waals surface area contributed by atoms with Crippen molar-refractivity contribution < 1.29 is 18.0 Å². The summed E-state index contributed by atoms with van der Waals surface area (Å²) in [6, 6.07) is 3.49. The second kappa shape index (κ2) is 5.53. The molecule has 1 amide bonds. The van der Waals surface area contributed by atoms with Gasteiger partial charge >= 0.3 is 0 Å². The molecule has 4 N–H and O–H groups in total. The third kappa shape index (κ3) is 2.83. The number of nitrogen functional groups attached to an aromatic ring is 1. The lowest BCUT2D eigenvalue weighted by Crippen LogP contribution is -2.17. The summed E-state index contributed by atoms with van der Waals surface area (Å²) in [5.41, 5.74) is 1.25. The Morgan fingerprint density at radius 1 is 1.10 bits per heavy atom. The molecule has 2 rings (SSSR count). The molecule has 2 aromatic rings. The van der Waals surface area contributed by atoms with Gasteiger partial charge in [-0.3, -0.25) is 4.79 Å². The number of carbonyl (C=O) groups is 1. The van der Waals surface area contributed by atoms with Crippen LogP contribution in [0.15, 0.2) is 24.3 Å². The second-order valence-electron chi connectivity index (χ2n) is 3.65. The van der Waals surface area contributed by atoms with Crippen molar-refractivity contribution in [3.63, 3.8) is 0 Å². The smallest absolute Gasteiger partial charge is 0.276 e. The number of hydrogen-bond acceptors (Lipinski definition) is 5. The van der Waals surface area contributed by atoms with Crippen molar-refractivity contribution in [3.05, 3.63) is 47.4 Å². The van der Waals surface area contributed by atoms with E-state index in [2.05, 4.69) is 15.6 Å². The molecule has 0 aliphatic heterocycles. The molecule has 0 saturated carbocycles. The van der Waals surface area contributed by atoms with Crippen molar-refractivity contribution >= 4 is 17.4 Å². The maximum atomic E-state index is 13.3. The van der Waals surface area contributed by atoms with Crippen LogP contribution in [0.4, 0.5) is 24.7 Å². The highest BCUT2D eigenvalue weighted by molar-refractivity contribution is 6.02. The number of nitrogens with zero attached hydrogens (tertiary/aromatic N) is 2. The van der Waals surface area contributed by atoms with Crippen LogP contribution >= 0.6 is 0 Å². The number of hydrogen-bond donors (Lipinski definition) is 3. The molecule has 0 saturated heterocycles. The SMILES string of the molecule is NNc1ccc(C(=O)Nc2c(F)cc(F)cc2F)nn1. The fraction of sp³-hybridized carbons (Fsp3) is 0. The summed E-state index contributed by atoms with van der Waals surface area (Å²) in [7, 11) is 0. The van der Waals surface area contributed by atoms with E-state index in [9.17, 15) is 18.0 Å². The van der Waals surface area contributed by atoms with Crippen LogP contribution in [0.3, 0.4) is 0 Å². The maximum absolute atomic E-state index is 13.3. The molecule has 20 heavy (non-hydrogen) atoms. The number of amides is 1. The van der Waals surface area contributed by atoms with Gasteiger partial charge in [0, 0.05) is 12.1 Å². The number of anilines is 2. The average Bonchev–Trinajstić information content (AvgIpc) is 2.42. The van der Waals surface area contributed by atoms with Crippen LogP contribution in [0, 0.1) is 17.5 Å². The molecular formula is C11H8F3N5O. The molecule has 1 heterocycles. The predicted octanol–water partition coefficient (Wildman–Crippen LogP) is 1.43. The van der Waals surface area contributed by atoms with Gasteiger partial charge in [0.25, 0.3) is 5.91 Å². The molecule has 6 nitrogen and oxygen atoms in total. The monoisotopic (exact) mass is 283 g/mol. The molecule has 0 atom stereocenters.